The second kappa shape index (κ2) is 103. The van der Waals surface area contributed by atoms with Crippen LogP contribution >= 0.6 is 0 Å². The fourth-order valence-corrected chi connectivity index (χ4v) is 5.77. The van der Waals surface area contributed by atoms with Gasteiger partial charge in [0.1, 0.15) is 18.2 Å². The van der Waals surface area contributed by atoms with Gasteiger partial charge in [-0.3, -0.25) is 48.3 Å². The summed E-state index contributed by atoms with van der Waals surface area (Å²) in [6.45, 7) is 43.4. The third-order valence-corrected chi connectivity index (χ3v) is 9.40. The lowest BCUT2D eigenvalue weighted by Crippen LogP contribution is -2.11. The molecule has 0 spiro atoms. The van der Waals surface area contributed by atoms with Gasteiger partial charge in [-0.15, -0.1) is 0 Å². The van der Waals surface area contributed by atoms with Gasteiger partial charge in [-0.2, -0.15) is 5.10 Å². The van der Waals surface area contributed by atoms with Crippen LogP contribution in [0, 0.1) is 0 Å². The largest absolute Gasteiger partial charge is 0.396 e. The van der Waals surface area contributed by atoms with Gasteiger partial charge in [0, 0.05) is 109 Å². The molecule has 0 aromatic carbocycles. The van der Waals surface area contributed by atoms with E-state index < -0.39 is 0 Å². The first-order chi connectivity index (χ1) is 41.2. The van der Waals surface area contributed by atoms with E-state index in [1.807, 2.05) is 157 Å². The molecule has 10 rings (SSSR count). The molecule has 16 nitrogen and oxygen atoms in total. The van der Waals surface area contributed by atoms with Crippen molar-refractivity contribution in [1.29, 1.82) is 0 Å². The molecular formula is C68H131N7O9. The lowest BCUT2D eigenvalue weighted by molar-refractivity contribution is -0.120. The minimum Gasteiger partial charge on any atom is -0.396 e. The summed E-state index contributed by atoms with van der Waals surface area (Å²) in [5.74, 6) is 1.87. The van der Waals surface area contributed by atoms with E-state index >= 15 is 0 Å². The molecule has 2 amide bonds. The number of amides is 2. The molecular weight excluding hydrogens is 1060 g/mol. The van der Waals surface area contributed by atoms with Crippen molar-refractivity contribution in [2.75, 3.05) is 26.2 Å². The average molecular weight is 1190 g/mol. The Bertz CT molecular complexity index is 1490. The summed E-state index contributed by atoms with van der Waals surface area (Å²) in [5.41, 5.74) is 2.85. The lowest BCUT2D eigenvalue weighted by atomic mass is 10.00. The number of aliphatic imine (C=N–C) groups is 4. The van der Waals surface area contributed by atoms with Crippen molar-refractivity contribution in [3.05, 3.63) is 24.3 Å². The fraction of sp³-hybridized carbons (Fsp3) is 0.735. The summed E-state index contributed by atoms with van der Waals surface area (Å²) in [4.78, 5) is 101. The summed E-state index contributed by atoms with van der Waals surface area (Å²) < 4.78 is 0. The van der Waals surface area contributed by atoms with Gasteiger partial charge < -0.3 is 10.3 Å². The number of hydrazone groups is 1. The van der Waals surface area contributed by atoms with E-state index in [-0.39, 0.29) is 34.9 Å². The van der Waals surface area contributed by atoms with Crippen molar-refractivity contribution in [2.24, 2.45) is 30.2 Å². The highest BCUT2D eigenvalue weighted by Gasteiger charge is 2.08. The number of nitrogens with zero attached hydrogens (tertiary/aromatic N) is 6. The maximum atomic E-state index is 10.5. The van der Waals surface area contributed by atoms with Crippen LogP contribution < -0.4 is 5.43 Å². The van der Waals surface area contributed by atoms with Crippen molar-refractivity contribution in [3.8, 4) is 0 Å². The molecule has 6 aliphatic heterocycles. The number of nitrogens with one attached hydrogen (secondary N) is 1. The molecule has 84 heavy (non-hydrogen) atoms. The summed E-state index contributed by atoms with van der Waals surface area (Å²) in [6, 6.07) is 0. The number of Topliss-reactive ketones (excluding diaryl/α,β-unsaturated/α-hetero) is 4. The molecule has 4 aliphatic carbocycles. The molecule has 10 aliphatic rings. The molecule has 2 saturated carbocycles. The Balaban J connectivity index is -0.0000000876. The van der Waals surface area contributed by atoms with Crippen LogP contribution in [0.4, 0.5) is 0 Å². The number of hydrogen-bond donors (Lipinski definition) is 1. The standard InChI is InChI=1S/C6H10O.C6H8O.2C5H7NO.C5H8O.C5H6O.C4H8N2.C4H5NO.C4H7NO.C4H5NO.10C2H6/c2*7-6-4-2-1-3-5-6;7-5-2-1-3-6-4-5;7-5-3-1-2-4-6-5;2*6-5-3-1-2-4-5;1-2-4-6-5-3-1;6-4-1-2-5-3-4;1-2-4-6-5-3-1;6-4-2-1-3-5-4;10*1-2/h1-5H2;2,4H,1,3,5H2;2*4H,1-3H2;1-4H2;1,3H,2,4H2;3,6H,1-2,4H2;3H,1-2H2;3H,1-2,4H2;3H,1-2H2;10*1-2H3. The van der Waals surface area contributed by atoms with Crippen LogP contribution in [0.15, 0.2) is 54.5 Å². The highest BCUT2D eigenvalue weighted by molar-refractivity contribution is 6.29. The predicted octanol–water partition coefficient (Wildman–Crippen LogP) is 17.8. The van der Waals surface area contributed by atoms with E-state index in [2.05, 4.69) is 40.5 Å². The van der Waals surface area contributed by atoms with Crippen molar-refractivity contribution in [1.82, 2.24) is 5.43 Å². The molecule has 0 unspecified atom stereocenters. The molecule has 16 heteroatoms. The van der Waals surface area contributed by atoms with Gasteiger partial charge in [0.05, 0.1) is 12.4 Å². The zero-order valence-corrected chi connectivity index (χ0v) is 57.8. The van der Waals surface area contributed by atoms with Crippen molar-refractivity contribution in [3.63, 3.8) is 0 Å². The Hall–Kier alpha value is -5.54. The first kappa shape index (κ1) is 100. The summed E-state index contributed by atoms with van der Waals surface area (Å²) >= 11 is 0. The third kappa shape index (κ3) is 98.6. The van der Waals surface area contributed by atoms with Crippen LogP contribution in [0.2, 0.25) is 0 Å². The molecule has 6 heterocycles. The zero-order chi connectivity index (χ0) is 66.6. The van der Waals surface area contributed by atoms with Gasteiger partial charge in [-0.05, 0) is 108 Å². The van der Waals surface area contributed by atoms with E-state index in [4.69, 9.17) is 0 Å². The topological polar surface area (TPSA) is 232 Å². The average Bonchev–Trinajstić information content (AvgIpc) is 4.48. The smallest absolute Gasteiger partial charge is 0.245 e. The van der Waals surface area contributed by atoms with E-state index in [9.17, 15) is 38.4 Å². The molecule has 0 aromatic rings. The van der Waals surface area contributed by atoms with Crippen LogP contribution in [0.5, 0.6) is 0 Å². The number of rotatable bonds is 0. The Kier molecular flexibility index (Phi) is 123. The van der Waals surface area contributed by atoms with Crippen LogP contribution in [0.25, 0.3) is 0 Å². The monoisotopic (exact) mass is 1190 g/mol. The van der Waals surface area contributed by atoms with Gasteiger partial charge in [0.25, 0.3) is 0 Å². The van der Waals surface area contributed by atoms with Crippen LogP contribution in [-0.2, 0) is 43.2 Å². The first-order valence-electron chi connectivity index (χ1n) is 33.1. The van der Waals surface area contributed by atoms with Crippen LogP contribution in [0.1, 0.15) is 305 Å². The van der Waals surface area contributed by atoms with E-state index in [0.29, 0.717) is 43.8 Å². The first-order valence-corrected chi connectivity index (χ1v) is 33.1. The minimum atomic E-state index is 0.0231. The van der Waals surface area contributed by atoms with Crippen molar-refractivity contribution < 1.29 is 43.2 Å². The molecule has 0 bridgehead atoms. The Morgan fingerprint density at radius 1 is 0.345 bits per heavy atom. The van der Waals surface area contributed by atoms with Gasteiger partial charge >= 0.3 is 0 Å². The van der Waals surface area contributed by atoms with Gasteiger partial charge in [0.15, 0.2) is 23.1 Å². The molecule has 492 valence electrons. The van der Waals surface area contributed by atoms with Crippen molar-refractivity contribution in [2.45, 2.75) is 305 Å². The lowest BCUT2D eigenvalue weighted by Gasteiger charge is -2.05. The van der Waals surface area contributed by atoms with Crippen molar-refractivity contribution >= 4 is 83.8 Å². The highest BCUT2D eigenvalue weighted by atomic mass is 16.6. The number of allylic oxidation sites excluding steroid dienone is 4. The van der Waals surface area contributed by atoms with Crippen LogP contribution in [0.3, 0.4) is 0 Å². The normalized spacial score (nSPS) is 16.3. The van der Waals surface area contributed by atoms with Gasteiger partial charge in [-0.1, -0.05) is 162 Å². The highest BCUT2D eigenvalue weighted by Crippen LogP contribution is 2.13. The maximum absolute atomic E-state index is 10.5. The Morgan fingerprint density at radius 3 is 0.929 bits per heavy atom. The second-order valence-electron chi connectivity index (χ2n) is 15.3. The number of oxime groups is 1. The number of carbonyl (C=O) groups is 8. The molecule has 0 aromatic heterocycles. The summed E-state index contributed by atoms with van der Waals surface area (Å²) in [6.07, 6.45) is 41.8. The number of ketones is 6. The molecule has 2 fully saturated rings. The van der Waals surface area contributed by atoms with Gasteiger partial charge in [0.2, 0.25) is 11.8 Å². The quantitative estimate of drug-likeness (QED) is 0.241. The SMILES string of the molecule is C1=NNCCC1.C1=NOCCC1.CC.CC.CC.CC.CC.CC.CC.CC.CC.CC.O=C1C=CCC1.O=C1C=CCCC1.O=C1C=NCC1.O=C1C=NCCC1.O=C1CCC=N1.O=C1CCCC1.O=C1CCCC=N1.O=C1CCCCC1. The predicted molar refractivity (Wildman–Crippen MR) is 366 cm³/mol. The minimum absolute atomic E-state index is 0.0231. The van der Waals surface area contributed by atoms with Gasteiger partial charge in [-0.25, -0.2) is 9.98 Å². The zero-order valence-electron chi connectivity index (χ0n) is 57.8. The molecule has 1 N–H and O–H groups in total. The third-order valence-electron chi connectivity index (χ3n) is 9.40. The Morgan fingerprint density at radius 2 is 0.774 bits per heavy atom. The summed E-state index contributed by atoms with van der Waals surface area (Å²) in [7, 11) is 0. The Labute approximate surface area is 516 Å². The maximum Gasteiger partial charge on any atom is 0.245 e. The molecule has 0 radical (unpaired) electrons. The second-order valence-corrected chi connectivity index (χ2v) is 15.3. The van der Waals surface area contributed by atoms with E-state index in [0.717, 1.165) is 148 Å². The van der Waals surface area contributed by atoms with E-state index in [1.165, 1.54) is 25.3 Å². The fourth-order valence-electron chi connectivity index (χ4n) is 5.77. The van der Waals surface area contributed by atoms with E-state index in [1.54, 1.807) is 30.8 Å². The molecule has 0 atom stereocenters. The number of carbonyl (C=O) groups excluding carboxylic acids is 8. The number of hydrogen-bond acceptors (Lipinski definition) is 14. The van der Waals surface area contributed by atoms with Crippen LogP contribution in [-0.4, -0.2) is 110 Å². The molecule has 0 saturated heterocycles. The summed E-state index contributed by atoms with van der Waals surface area (Å²) in [5, 5.41) is 7.35.